The number of ether oxygens (including phenoxy) is 1. The summed E-state index contributed by atoms with van der Waals surface area (Å²) in [6.07, 6.45) is 5.74. The summed E-state index contributed by atoms with van der Waals surface area (Å²) < 4.78 is 7.41. The summed E-state index contributed by atoms with van der Waals surface area (Å²) in [4.78, 5) is 25.4. The molecule has 0 saturated carbocycles. The minimum atomic E-state index is -0.148. The largest absolute Gasteiger partial charge is 0.497 e. The van der Waals surface area contributed by atoms with E-state index in [4.69, 9.17) is 10.5 Å². The molecule has 0 radical (unpaired) electrons. The first-order valence-corrected chi connectivity index (χ1v) is 11.2. The van der Waals surface area contributed by atoms with Crippen LogP contribution in [0.3, 0.4) is 0 Å². The van der Waals surface area contributed by atoms with Gasteiger partial charge in [0.05, 0.1) is 17.3 Å². The van der Waals surface area contributed by atoms with Crippen molar-refractivity contribution in [2.24, 2.45) is 0 Å². The van der Waals surface area contributed by atoms with Crippen LogP contribution in [-0.2, 0) is 6.42 Å². The topological polar surface area (TPSA) is 103 Å². The van der Waals surface area contributed by atoms with Gasteiger partial charge in [-0.2, -0.15) is 0 Å². The molecule has 0 unspecified atom stereocenters. The molecule has 7 nitrogen and oxygen atoms in total. The summed E-state index contributed by atoms with van der Waals surface area (Å²) in [6.45, 7) is 0.521. The number of nitrogens with one attached hydrogen (secondary N) is 1. The van der Waals surface area contributed by atoms with Crippen LogP contribution in [0.1, 0.15) is 15.9 Å². The quantitative estimate of drug-likeness (QED) is 0.392. The lowest BCUT2D eigenvalue weighted by molar-refractivity contribution is 0.0954. The minimum absolute atomic E-state index is 0.148. The highest BCUT2D eigenvalue weighted by Gasteiger charge is 2.13. The molecule has 0 atom stereocenters. The molecule has 0 saturated heterocycles. The van der Waals surface area contributed by atoms with Gasteiger partial charge >= 0.3 is 0 Å². The molecule has 5 rings (SSSR count). The van der Waals surface area contributed by atoms with E-state index < -0.39 is 0 Å². The number of fused-ring (bicyclic) bond motifs is 3. The Kier molecular flexibility index (Phi) is 5.58. The molecule has 0 aliphatic heterocycles. The normalized spacial score (nSPS) is 11.1. The first-order valence-electron chi connectivity index (χ1n) is 10.4. The fourth-order valence-corrected chi connectivity index (χ4v) is 4.85. The van der Waals surface area contributed by atoms with E-state index in [0.717, 1.165) is 37.0 Å². The Morgan fingerprint density at radius 3 is 2.85 bits per heavy atom. The maximum Gasteiger partial charge on any atom is 0.251 e. The number of thiophene rings is 1. The van der Waals surface area contributed by atoms with Crippen molar-refractivity contribution in [3.63, 3.8) is 0 Å². The number of hydrogen-bond acceptors (Lipinski definition) is 7. The van der Waals surface area contributed by atoms with Crippen LogP contribution in [0.4, 0.5) is 5.82 Å². The van der Waals surface area contributed by atoms with Crippen LogP contribution < -0.4 is 15.8 Å². The molecule has 0 spiro atoms. The van der Waals surface area contributed by atoms with Crippen molar-refractivity contribution in [3.8, 4) is 16.9 Å². The Bertz CT molecular complexity index is 1470. The molecule has 3 heterocycles. The number of nitrogens with two attached hydrogens (primary N) is 1. The van der Waals surface area contributed by atoms with Gasteiger partial charge in [0.1, 0.15) is 17.9 Å². The van der Waals surface area contributed by atoms with E-state index in [2.05, 4.69) is 26.3 Å². The molecule has 0 fully saturated rings. The maximum atomic E-state index is 12.8. The Labute approximate surface area is 194 Å². The predicted octanol–water partition coefficient (Wildman–Crippen LogP) is 4.47. The highest BCUT2D eigenvalue weighted by Crippen LogP contribution is 2.37. The number of pyridine rings is 1. The summed E-state index contributed by atoms with van der Waals surface area (Å²) in [6, 6.07) is 15.6. The van der Waals surface area contributed by atoms with E-state index in [0.29, 0.717) is 30.1 Å². The lowest BCUT2D eigenvalue weighted by Gasteiger charge is -2.10. The number of rotatable bonds is 6. The van der Waals surface area contributed by atoms with Crippen LogP contribution in [0.2, 0.25) is 0 Å². The van der Waals surface area contributed by atoms with Crippen LogP contribution >= 0.6 is 11.3 Å². The van der Waals surface area contributed by atoms with Crippen LogP contribution in [0.25, 0.3) is 31.4 Å². The number of amides is 1. The molecule has 0 aliphatic carbocycles. The molecule has 3 N–H and O–H groups in total. The van der Waals surface area contributed by atoms with Gasteiger partial charge < -0.3 is 15.8 Å². The lowest BCUT2D eigenvalue weighted by atomic mass is 10.0. The number of methoxy groups -OCH3 is 1. The van der Waals surface area contributed by atoms with E-state index in [-0.39, 0.29) is 5.91 Å². The SMILES string of the molecule is COc1cc(C(=O)NCCc2cccnc2)cc(-c2ccc3c(c2)sc2c(N)ncnc23)c1. The third kappa shape index (κ3) is 4.20. The van der Waals surface area contributed by atoms with Crippen LogP contribution in [-0.4, -0.2) is 34.5 Å². The van der Waals surface area contributed by atoms with Crippen LogP contribution in [0.15, 0.2) is 67.3 Å². The third-order valence-corrected chi connectivity index (χ3v) is 6.60. The third-order valence-electron chi connectivity index (χ3n) is 5.44. The highest BCUT2D eigenvalue weighted by atomic mass is 32.1. The first kappa shape index (κ1) is 20.8. The van der Waals surface area contributed by atoms with E-state index in [1.165, 1.54) is 6.33 Å². The number of nitrogens with zero attached hydrogens (tertiary/aromatic N) is 3. The molecule has 0 bridgehead atoms. The molecular weight excluding hydrogens is 434 g/mol. The van der Waals surface area contributed by atoms with Crippen molar-refractivity contribution in [1.29, 1.82) is 0 Å². The summed E-state index contributed by atoms with van der Waals surface area (Å²) in [5.41, 5.74) is 10.4. The second-order valence-electron chi connectivity index (χ2n) is 7.57. The van der Waals surface area contributed by atoms with E-state index >= 15 is 0 Å². The maximum absolute atomic E-state index is 12.8. The lowest BCUT2D eigenvalue weighted by Crippen LogP contribution is -2.25. The first-order chi connectivity index (χ1) is 16.1. The zero-order valence-electron chi connectivity index (χ0n) is 17.9. The average Bonchev–Trinajstić information content (AvgIpc) is 3.23. The number of carbonyl (C=O) groups is 1. The fourth-order valence-electron chi connectivity index (χ4n) is 3.75. The molecule has 1 amide bonds. The fraction of sp³-hybridized carbons (Fsp3) is 0.120. The van der Waals surface area contributed by atoms with Crippen molar-refractivity contribution in [3.05, 3.63) is 78.4 Å². The molecule has 8 heteroatoms. The Morgan fingerprint density at radius 2 is 2.03 bits per heavy atom. The smallest absolute Gasteiger partial charge is 0.251 e. The molecule has 0 aliphatic rings. The van der Waals surface area contributed by atoms with Gasteiger partial charge in [0.15, 0.2) is 0 Å². The summed E-state index contributed by atoms with van der Waals surface area (Å²) in [5, 5.41) is 4.01. The van der Waals surface area contributed by atoms with E-state index in [1.54, 1.807) is 36.9 Å². The number of carbonyl (C=O) groups excluding carboxylic acids is 1. The molecular formula is C25H21N5O2S. The van der Waals surface area contributed by atoms with Gasteiger partial charge in [0.25, 0.3) is 5.91 Å². The molecule has 5 aromatic rings. The molecule has 3 aromatic heterocycles. The van der Waals surface area contributed by atoms with Gasteiger partial charge in [-0.3, -0.25) is 9.78 Å². The Balaban J connectivity index is 1.44. The average molecular weight is 456 g/mol. The van der Waals surface area contributed by atoms with Crippen molar-refractivity contribution in [2.45, 2.75) is 6.42 Å². The van der Waals surface area contributed by atoms with Crippen molar-refractivity contribution < 1.29 is 9.53 Å². The second-order valence-corrected chi connectivity index (χ2v) is 8.62. The predicted molar refractivity (Wildman–Crippen MR) is 132 cm³/mol. The number of aromatic nitrogens is 3. The summed E-state index contributed by atoms with van der Waals surface area (Å²) >= 11 is 1.56. The summed E-state index contributed by atoms with van der Waals surface area (Å²) in [5.74, 6) is 0.954. The Morgan fingerprint density at radius 1 is 1.12 bits per heavy atom. The van der Waals surface area contributed by atoms with Crippen LogP contribution in [0, 0.1) is 0 Å². The van der Waals surface area contributed by atoms with Crippen molar-refractivity contribution in [2.75, 3.05) is 19.4 Å². The van der Waals surface area contributed by atoms with Crippen LogP contribution in [0.5, 0.6) is 5.75 Å². The van der Waals surface area contributed by atoms with E-state index in [1.807, 2.05) is 36.4 Å². The number of anilines is 1. The van der Waals surface area contributed by atoms with Gasteiger partial charge in [-0.05, 0) is 53.4 Å². The van der Waals surface area contributed by atoms with Crippen molar-refractivity contribution in [1.82, 2.24) is 20.3 Å². The number of benzene rings is 2. The van der Waals surface area contributed by atoms with Gasteiger partial charge in [0, 0.05) is 34.6 Å². The Hall–Kier alpha value is -4.04. The van der Waals surface area contributed by atoms with Gasteiger partial charge in [-0.25, -0.2) is 9.97 Å². The number of hydrogen-bond donors (Lipinski definition) is 2. The molecule has 2 aromatic carbocycles. The molecule has 33 heavy (non-hydrogen) atoms. The van der Waals surface area contributed by atoms with E-state index in [9.17, 15) is 4.79 Å². The standard InChI is InChI=1S/C25H21N5O2S/c1-32-19-10-17(9-18(11-19)25(31)28-8-6-15-3-2-7-27-13-15)16-4-5-20-21(12-16)33-23-22(20)29-14-30-24(23)26/h2-5,7,9-14H,6,8H2,1H3,(H,28,31)(H2,26,29,30). The second kappa shape index (κ2) is 8.84. The van der Waals surface area contributed by atoms with Gasteiger partial charge in [-0.15, -0.1) is 11.3 Å². The van der Waals surface area contributed by atoms with Gasteiger partial charge in [0.2, 0.25) is 0 Å². The monoisotopic (exact) mass is 455 g/mol. The molecule has 164 valence electrons. The van der Waals surface area contributed by atoms with Crippen molar-refractivity contribution >= 4 is 43.4 Å². The highest BCUT2D eigenvalue weighted by molar-refractivity contribution is 7.26. The minimum Gasteiger partial charge on any atom is -0.497 e. The zero-order valence-corrected chi connectivity index (χ0v) is 18.7. The zero-order chi connectivity index (χ0) is 22.8. The summed E-state index contributed by atoms with van der Waals surface area (Å²) in [7, 11) is 1.60. The van der Waals surface area contributed by atoms with Gasteiger partial charge in [-0.1, -0.05) is 18.2 Å². The number of nitrogen functional groups attached to an aromatic ring is 1.